The molecular weight excluding hydrogens is 389 g/mol. The molecule has 0 aromatic heterocycles. The second-order valence-electron chi connectivity index (χ2n) is 6.23. The number of anilines is 3. The van der Waals surface area contributed by atoms with E-state index in [0.29, 0.717) is 17.1 Å². The molecule has 1 atom stereocenters. The molecule has 5 nitrogen and oxygen atoms in total. The molecule has 0 aliphatic rings. The van der Waals surface area contributed by atoms with Crippen LogP contribution in [0.3, 0.4) is 0 Å². The predicted molar refractivity (Wildman–Crippen MR) is 116 cm³/mol. The van der Waals surface area contributed by atoms with Crippen LogP contribution >= 0.6 is 11.8 Å². The Morgan fingerprint density at radius 3 is 1.90 bits per heavy atom. The first kappa shape index (κ1) is 20.4. The lowest BCUT2D eigenvalue weighted by atomic mass is 10.3. The highest BCUT2D eigenvalue weighted by Gasteiger charge is 2.15. The van der Waals surface area contributed by atoms with E-state index in [4.69, 9.17) is 0 Å². The number of amides is 3. The summed E-state index contributed by atoms with van der Waals surface area (Å²) < 4.78 is 12.9. The number of carbonyl (C=O) groups excluding carboxylic acids is 2. The molecule has 148 valence electrons. The Morgan fingerprint density at radius 1 is 0.759 bits per heavy atom. The molecule has 29 heavy (non-hydrogen) atoms. The zero-order valence-corrected chi connectivity index (χ0v) is 16.5. The van der Waals surface area contributed by atoms with E-state index in [1.165, 1.54) is 36.0 Å². The summed E-state index contributed by atoms with van der Waals surface area (Å²) in [6, 6.07) is 21.7. The molecule has 3 N–H and O–H groups in total. The average Bonchev–Trinajstić information content (AvgIpc) is 2.72. The van der Waals surface area contributed by atoms with Gasteiger partial charge in [0, 0.05) is 22.0 Å². The zero-order chi connectivity index (χ0) is 20.6. The van der Waals surface area contributed by atoms with Crippen LogP contribution in [0.4, 0.5) is 26.2 Å². The van der Waals surface area contributed by atoms with Gasteiger partial charge in [0.15, 0.2) is 0 Å². The molecule has 0 saturated carbocycles. The van der Waals surface area contributed by atoms with E-state index < -0.39 is 0 Å². The predicted octanol–water partition coefficient (Wildman–Crippen LogP) is 5.59. The number of halogens is 1. The van der Waals surface area contributed by atoms with Gasteiger partial charge >= 0.3 is 6.03 Å². The Kier molecular flexibility index (Phi) is 6.86. The van der Waals surface area contributed by atoms with Crippen LogP contribution < -0.4 is 16.0 Å². The van der Waals surface area contributed by atoms with Crippen molar-refractivity contribution < 1.29 is 14.0 Å². The molecule has 0 aliphatic carbocycles. The summed E-state index contributed by atoms with van der Waals surface area (Å²) in [6.07, 6.45) is 0. The maximum Gasteiger partial charge on any atom is 0.323 e. The molecule has 3 rings (SSSR count). The molecule has 0 aliphatic heterocycles. The van der Waals surface area contributed by atoms with Gasteiger partial charge in [-0.15, -0.1) is 11.8 Å². The van der Waals surface area contributed by atoms with Crippen LogP contribution in [0.5, 0.6) is 0 Å². The minimum Gasteiger partial charge on any atom is -0.325 e. The standard InChI is InChI=1S/C22H20FN3O2S/c1-15(21(27)24-18-9-7-16(23)8-10-18)29-20-13-11-19(12-14-20)26-22(28)25-17-5-3-2-4-6-17/h2-15H,1H3,(H,24,27)(H2,25,26,28). The van der Waals surface area contributed by atoms with Crippen LogP contribution in [0.1, 0.15) is 6.92 Å². The lowest BCUT2D eigenvalue weighted by molar-refractivity contribution is -0.115. The summed E-state index contributed by atoms with van der Waals surface area (Å²) in [7, 11) is 0. The summed E-state index contributed by atoms with van der Waals surface area (Å²) in [5.74, 6) is -0.525. The summed E-state index contributed by atoms with van der Waals surface area (Å²) in [6.45, 7) is 1.79. The van der Waals surface area contributed by atoms with Crippen molar-refractivity contribution in [2.75, 3.05) is 16.0 Å². The average molecular weight is 409 g/mol. The van der Waals surface area contributed by atoms with Crippen LogP contribution in [0.2, 0.25) is 0 Å². The number of hydrogen-bond acceptors (Lipinski definition) is 3. The van der Waals surface area contributed by atoms with Crippen molar-refractivity contribution in [3.63, 3.8) is 0 Å². The van der Waals surface area contributed by atoms with Gasteiger partial charge in [-0.2, -0.15) is 0 Å². The molecule has 3 aromatic carbocycles. The van der Waals surface area contributed by atoms with Gasteiger partial charge in [0.25, 0.3) is 0 Å². The van der Waals surface area contributed by atoms with E-state index in [9.17, 15) is 14.0 Å². The fraction of sp³-hybridized carbons (Fsp3) is 0.0909. The van der Waals surface area contributed by atoms with Crippen molar-refractivity contribution in [3.05, 3.63) is 84.7 Å². The first-order chi connectivity index (χ1) is 14.0. The molecule has 0 heterocycles. The van der Waals surface area contributed by atoms with Gasteiger partial charge in [0.2, 0.25) is 5.91 Å². The Hall–Kier alpha value is -3.32. The third kappa shape index (κ3) is 6.36. The Labute approximate surface area is 172 Å². The lowest BCUT2D eigenvalue weighted by Gasteiger charge is -2.13. The van der Waals surface area contributed by atoms with Crippen molar-refractivity contribution in [3.8, 4) is 0 Å². The second-order valence-corrected chi connectivity index (χ2v) is 7.64. The first-order valence-corrected chi connectivity index (χ1v) is 9.84. The minimum absolute atomic E-state index is 0.175. The summed E-state index contributed by atoms with van der Waals surface area (Å²) in [5.41, 5.74) is 1.90. The molecule has 3 amide bonds. The maximum atomic E-state index is 12.9. The van der Waals surface area contributed by atoms with E-state index in [1.807, 2.05) is 30.3 Å². The highest BCUT2D eigenvalue weighted by atomic mass is 32.2. The summed E-state index contributed by atoms with van der Waals surface area (Å²) in [5, 5.41) is 7.92. The molecular formula is C22H20FN3O2S. The van der Waals surface area contributed by atoms with Crippen LogP contribution in [0, 0.1) is 5.82 Å². The third-order valence-corrected chi connectivity index (χ3v) is 5.05. The molecule has 0 fully saturated rings. The number of hydrogen-bond donors (Lipinski definition) is 3. The number of carbonyl (C=O) groups is 2. The van der Waals surface area contributed by atoms with Gasteiger partial charge in [-0.3, -0.25) is 4.79 Å². The highest BCUT2D eigenvalue weighted by Crippen LogP contribution is 2.25. The van der Waals surface area contributed by atoms with Gasteiger partial charge in [-0.05, 0) is 67.6 Å². The van der Waals surface area contributed by atoms with Crippen LogP contribution in [0.15, 0.2) is 83.8 Å². The van der Waals surface area contributed by atoms with E-state index in [1.54, 1.807) is 31.2 Å². The Bertz CT molecular complexity index is 964. The first-order valence-electron chi connectivity index (χ1n) is 8.96. The number of thioether (sulfide) groups is 1. The summed E-state index contributed by atoms with van der Waals surface area (Å²) in [4.78, 5) is 25.2. The molecule has 0 bridgehead atoms. The van der Waals surface area contributed by atoms with Gasteiger partial charge < -0.3 is 16.0 Å². The van der Waals surface area contributed by atoms with Gasteiger partial charge in [-0.1, -0.05) is 18.2 Å². The van der Waals surface area contributed by atoms with Crippen molar-refractivity contribution in [1.29, 1.82) is 0 Å². The normalized spacial score (nSPS) is 11.4. The monoisotopic (exact) mass is 409 g/mol. The molecule has 0 spiro atoms. The number of rotatable bonds is 6. The largest absolute Gasteiger partial charge is 0.325 e. The van der Waals surface area contributed by atoms with Gasteiger partial charge in [0.1, 0.15) is 5.82 Å². The molecule has 0 saturated heterocycles. The van der Waals surface area contributed by atoms with Crippen LogP contribution in [-0.2, 0) is 4.79 Å². The van der Waals surface area contributed by atoms with E-state index in [0.717, 1.165) is 4.90 Å². The number of nitrogens with one attached hydrogen (secondary N) is 3. The van der Waals surface area contributed by atoms with Crippen molar-refractivity contribution in [2.24, 2.45) is 0 Å². The lowest BCUT2D eigenvalue weighted by Crippen LogP contribution is -2.22. The second kappa shape index (κ2) is 9.75. The highest BCUT2D eigenvalue weighted by molar-refractivity contribution is 8.00. The zero-order valence-electron chi connectivity index (χ0n) is 15.7. The van der Waals surface area contributed by atoms with Crippen LogP contribution in [0.25, 0.3) is 0 Å². The Balaban J connectivity index is 1.50. The van der Waals surface area contributed by atoms with Crippen LogP contribution in [-0.4, -0.2) is 17.2 Å². The topological polar surface area (TPSA) is 70.2 Å². The number of urea groups is 1. The Morgan fingerprint density at radius 2 is 1.28 bits per heavy atom. The molecule has 7 heteroatoms. The number of benzene rings is 3. The molecule has 1 unspecified atom stereocenters. The van der Waals surface area contributed by atoms with Crippen molar-refractivity contribution >= 4 is 40.8 Å². The minimum atomic E-state index is -0.350. The SMILES string of the molecule is CC(Sc1ccc(NC(=O)Nc2ccccc2)cc1)C(=O)Nc1ccc(F)cc1. The van der Waals surface area contributed by atoms with Crippen molar-refractivity contribution in [1.82, 2.24) is 0 Å². The summed E-state index contributed by atoms with van der Waals surface area (Å²) >= 11 is 1.39. The van der Waals surface area contributed by atoms with E-state index in [-0.39, 0.29) is 23.0 Å². The van der Waals surface area contributed by atoms with E-state index in [2.05, 4.69) is 16.0 Å². The quantitative estimate of drug-likeness (QED) is 0.465. The molecule has 0 radical (unpaired) electrons. The fourth-order valence-corrected chi connectivity index (χ4v) is 3.33. The third-order valence-electron chi connectivity index (χ3n) is 3.94. The van der Waals surface area contributed by atoms with Gasteiger partial charge in [0.05, 0.1) is 5.25 Å². The fourth-order valence-electron chi connectivity index (χ4n) is 2.47. The van der Waals surface area contributed by atoms with E-state index >= 15 is 0 Å². The maximum absolute atomic E-state index is 12.9. The molecule has 3 aromatic rings. The smallest absolute Gasteiger partial charge is 0.323 e. The number of para-hydroxylation sites is 1. The van der Waals surface area contributed by atoms with Gasteiger partial charge in [-0.25, -0.2) is 9.18 Å². The van der Waals surface area contributed by atoms with Crippen molar-refractivity contribution in [2.45, 2.75) is 17.1 Å².